The molecular formula is C19H21FN2O3. The van der Waals surface area contributed by atoms with Gasteiger partial charge in [-0.1, -0.05) is 30.3 Å². The van der Waals surface area contributed by atoms with E-state index in [9.17, 15) is 14.0 Å². The molecule has 2 amide bonds. The second kappa shape index (κ2) is 8.28. The number of methoxy groups -OCH3 is 1. The number of hydrogen-bond acceptors (Lipinski definition) is 3. The van der Waals surface area contributed by atoms with E-state index < -0.39 is 23.7 Å². The molecule has 0 bridgehead atoms. The minimum atomic E-state index is -0.564. The summed E-state index contributed by atoms with van der Waals surface area (Å²) < 4.78 is 18.7. The molecule has 0 saturated heterocycles. The van der Waals surface area contributed by atoms with Gasteiger partial charge in [0.05, 0.1) is 7.11 Å². The molecule has 0 radical (unpaired) electrons. The Balaban J connectivity index is 2.25. The fourth-order valence-electron chi connectivity index (χ4n) is 2.64. The number of hydrogen-bond donors (Lipinski definition) is 1. The molecule has 1 atom stereocenters. The number of rotatable bonds is 7. The Morgan fingerprint density at radius 1 is 1.20 bits per heavy atom. The molecular weight excluding hydrogens is 323 g/mol. The first-order chi connectivity index (χ1) is 11.9. The van der Waals surface area contributed by atoms with Crippen LogP contribution in [0.15, 0.2) is 48.5 Å². The zero-order valence-corrected chi connectivity index (χ0v) is 14.2. The predicted molar refractivity (Wildman–Crippen MR) is 92.8 cm³/mol. The highest BCUT2D eigenvalue weighted by Crippen LogP contribution is 2.19. The molecule has 5 nitrogen and oxygen atoms in total. The molecule has 2 aromatic carbocycles. The highest BCUT2D eigenvalue weighted by atomic mass is 19.1. The Hall–Kier alpha value is -2.89. The molecule has 2 rings (SSSR count). The lowest BCUT2D eigenvalue weighted by atomic mass is 10.0. The maximum atomic E-state index is 13.7. The summed E-state index contributed by atoms with van der Waals surface area (Å²) in [7, 11) is 2.98. The number of benzene rings is 2. The van der Waals surface area contributed by atoms with Crippen molar-refractivity contribution in [1.82, 2.24) is 4.90 Å². The third-order valence-corrected chi connectivity index (χ3v) is 3.97. The molecule has 0 aliphatic carbocycles. The van der Waals surface area contributed by atoms with Crippen LogP contribution in [0.25, 0.3) is 0 Å². The summed E-state index contributed by atoms with van der Waals surface area (Å²) in [6.07, 6.45) is 0.488. The molecule has 0 fully saturated rings. The number of carbonyl (C=O) groups excluding carboxylic acids is 2. The van der Waals surface area contributed by atoms with Crippen LogP contribution in [0.4, 0.5) is 4.39 Å². The highest BCUT2D eigenvalue weighted by molar-refractivity contribution is 5.95. The van der Waals surface area contributed by atoms with Crippen molar-refractivity contribution in [2.24, 2.45) is 5.73 Å². The van der Waals surface area contributed by atoms with Gasteiger partial charge in [-0.2, -0.15) is 0 Å². The summed E-state index contributed by atoms with van der Waals surface area (Å²) in [6.45, 7) is 0. The van der Waals surface area contributed by atoms with Crippen LogP contribution in [-0.4, -0.2) is 36.9 Å². The SMILES string of the molecule is COc1cc(F)cc(C(=O)N(C)[C@H](CC(N)=O)Cc2ccccc2)c1. The van der Waals surface area contributed by atoms with Gasteiger partial charge in [-0.25, -0.2) is 4.39 Å². The smallest absolute Gasteiger partial charge is 0.254 e. The molecule has 0 aliphatic rings. The van der Waals surface area contributed by atoms with E-state index >= 15 is 0 Å². The van der Waals surface area contributed by atoms with E-state index in [4.69, 9.17) is 10.5 Å². The maximum Gasteiger partial charge on any atom is 0.254 e. The fourth-order valence-corrected chi connectivity index (χ4v) is 2.64. The van der Waals surface area contributed by atoms with Crippen molar-refractivity contribution >= 4 is 11.8 Å². The van der Waals surface area contributed by atoms with Crippen molar-refractivity contribution in [3.8, 4) is 5.75 Å². The number of likely N-dealkylation sites (N-methyl/N-ethyl adjacent to an activating group) is 1. The first kappa shape index (κ1) is 18.4. The second-order valence-electron chi connectivity index (χ2n) is 5.81. The lowest BCUT2D eigenvalue weighted by Crippen LogP contribution is -2.41. The maximum absolute atomic E-state index is 13.7. The highest BCUT2D eigenvalue weighted by Gasteiger charge is 2.24. The Labute approximate surface area is 146 Å². The van der Waals surface area contributed by atoms with Crippen molar-refractivity contribution in [2.45, 2.75) is 18.9 Å². The molecule has 25 heavy (non-hydrogen) atoms. The standard InChI is InChI=1S/C19H21FN2O3/c1-22(19(24)14-9-15(20)11-17(10-14)25-2)16(12-18(21)23)8-13-6-4-3-5-7-13/h3-7,9-11,16H,8,12H2,1-2H3,(H2,21,23)/t16-/m0/s1. The minimum Gasteiger partial charge on any atom is -0.497 e. The summed E-state index contributed by atoms with van der Waals surface area (Å²) in [6, 6.07) is 12.9. The number of halogens is 1. The Kier molecular flexibility index (Phi) is 6.11. The van der Waals surface area contributed by atoms with Crippen molar-refractivity contribution in [3.63, 3.8) is 0 Å². The van der Waals surface area contributed by atoms with Crippen molar-refractivity contribution in [1.29, 1.82) is 0 Å². The van der Waals surface area contributed by atoms with Crippen LogP contribution in [0.2, 0.25) is 0 Å². The van der Waals surface area contributed by atoms with Crippen LogP contribution >= 0.6 is 0 Å². The molecule has 2 aromatic rings. The van der Waals surface area contributed by atoms with E-state index in [0.29, 0.717) is 6.42 Å². The molecule has 0 aliphatic heterocycles. The van der Waals surface area contributed by atoms with Gasteiger partial charge in [0.15, 0.2) is 0 Å². The van der Waals surface area contributed by atoms with E-state index in [0.717, 1.165) is 11.6 Å². The monoisotopic (exact) mass is 344 g/mol. The third kappa shape index (κ3) is 5.04. The number of nitrogens with zero attached hydrogens (tertiary/aromatic N) is 1. The van der Waals surface area contributed by atoms with E-state index in [1.54, 1.807) is 7.05 Å². The van der Waals surface area contributed by atoms with Gasteiger partial charge in [-0.15, -0.1) is 0 Å². The van der Waals surface area contributed by atoms with Crippen molar-refractivity contribution in [2.75, 3.05) is 14.2 Å². The summed E-state index contributed by atoms with van der Waals surface area (Å²) in [5.74, 6) is -1.21. The number of ether oxygens (including phenoxy) is 1. The summed E-state index contributed by atoms with van der Waals surface area (Å²) in [5.41, 5.74) is 6.47. The fraction of sp³-hybridized carbons (Fsp3) is 0.263. The molecule has 0 spiro atoms. The Bertz CT molecular complexity index is 750. The Morgan fingerprint density at radius 2 is 1.88 bits per heavy atom. The minimum absolute atomic E-state index is 0.0174. The summed E-state index contributed by atoms with van der Waals surface area (Å²) in [5, 5.41) is 0. The van der Waals surface area contributed by atoms with E-state index in [2.05, 4.69) is 0 Å². The number of amides is 2. The molecule has 132 valence electrons. The lowest BCUT2D eigenvalue weighted by Gasteiger charge is -2.28. The first-order valence-corrected chi connectivity index (χ1v) is 7.84. The summed E-state index contributed by atoms with van der Waals surface area (Å²) in [4.78, 5) is 25.6. The van der Waals surface area contributed by atoms with E-state index in [-0.39, 0.29) is 17.7 Å². The van der Waals surface area contributed by atoms with Crippen molar-refractivity contribution < 1.29 is 18.7 Å². The molecule has 2 N–H and O–H groups in total. The van der Waals surface area contributed by atoms with Gasteiger partial charge in [-0.3, -0.25) is 9.59 Å². The van der Waals surface area contributed by atoms with Gasteiger partial charge in [0.25, 0.3) is 5.91 Å². The van der Waals surface area contributed by atoms with Crippen LogP contribution in [0, 0.1) is 5.82 Å². The number of carbonyl (C=O) groups is 2. The average Bonchev–Trinajstić information content (AvgIpc) is 2.59. The lowest BCUT2D eigenvalue weighted by molar-refractivity contribution is -0.118. The zero-order chi connectivity index (χ0) is 18.4. The Morgan fingerprint density at radius 3 is 2.48 bits per heavy atom. The predicted octanol–water partition coefficient (Wildman–Crippen LogP) is 2.39. The molecule has 0 heterocycles. The quantitative estimate of drug-likeness (QED) is 0.838. The molecule has 0 saturated carbocycles. The van der Waals surface area contributed by atoms with Gasteiger partial charge in [0.1, 0.15) is 11.6 Å². The van der Waals surface area contributed by atoms with Gasteiger partial charge >= 0.3 is 0 Å². The van der Waals surface area contributed by atoms with E-state index in [1.165, 1.54) is 24.1 Å². The van der Waals surface area contributed by atoms with Crippen LogP contribution in [-0.2, 0) is 11.2 Å². The number of primary amides is 1. The average molecular weight is 344 g/mol. The largest absolute Gasteiger partial charge is 0.497 e. The van der Waals surface area contributed by atoms with Gasteiger partial charge in [0.2, 0.25) is 5.91 Å². The third-order valence-electron chi connectivity index (χ3n) is 3.97. The molecule has 0 aromatic heterocycles. The normalized spacial score (nSPS) is 11.6. The number of nitrogens with two attached hydrogens (primary N) is 1. The molecule has 0 unspecified atom stereocenters. The van der Waals surface area contributed by atoms with Gasteiger partial charge in [0, 0.05) is 31.1 Å². The van der Waals surface area contributed by atoms with Crippen LogP contribution in [0.3, 0.4) is 0 Å². The van der Waals surface area contributed by atoms with Crippen molar-refractivity contribution in [3.05, 3.63) is 65.5 Å². The topological polar surface area (TPSA) is 72.6 Å². The van der Waals surface area contributed by atoms with Gasteiger partial charge < -0.3 is 15.4 Å². The zero-order valence-electron chi connectivity index (χ0n) is 14.2. The van der Waals surface area contributed by atoms with Crippen LogP contribution in [0.1, 0.15) is 22.3 Å². The van der Waals surface area contributed by atoms with Crippen LogP contribution in [0.5, 0.6) is 5.75 Å². The first-order valence-electron chi connectivity index (χ1n) is 7.84. The van der Waals surface area contributed by atoms with Gasteiger partial charge in [-0.05, 0) is 24.1 Å². The summed E-state index contributed by atoms with van der Waals surface area (Å²) >= 11 is 0. The van der Waals surface area contributed by atoms with E-state index in [1.807, 2.05) is 30.3 Å². The second-order valence-corrected chi connectivity index (χ2v) is 5.81. The van der Waals surface area contributed by atoms with Crippen LogP contribution < -0.4 is 10.5 Å². The molecule has 6 heteroatoms.